The van der Waals surface area contributed by atoms with Gasteiger partial charge in [-0.15, -0.1) is 0 Å². The average molecular weight is 338 g/mol. The number of hydrogen-bond donors (Lipinski definition) is 0. The lowest BCUT2D eigenvalue weighted by Gasteiger charge is -2.23. The molecule has 0 fully saturated rings. The van der Waals surface area contributed by atoms with Gasteiger partial charge < -0.3 is 0 Å². The zero-order chi connectivity index (χ0) is 8.55. The Morgan fingerprint density at radius 1 is 1.33 bits per heavy atom. The van der Waals surface area contributed by atoms with Gasteiger partial charge in [-0.25, -0.2) is 3.11 Å². The zero-order valence-electron chi connectivity index (χ0n) is 6.56. The summed E-state index contributed by atoms with van der Waals surface area (Å²) in [7, 11) is 0. The third-order valence-corrected chi connectivity index (χ3v) is 3.45. The van der Waals surface area contributed by atoms with Gasteiger partial charge in [0.25, 0.3) is 0 Å². The quantitative estimate of drug-likeness (QED) is 0.519. The van der Waals surface area contributed by atoms with E-state index in [0.29, 0.717) is 0 Å². The highest BCUT2D eigenvalue weighted by atomic mass is 127. The van der Waals surface area contributed by atoms with Crippen molar-refractivity contribution in [1.29, 1.82) is 0 Å². The molecule has 0 amide bonds. The maximum atomic E-state index is 3.49. The van der Waals surface area contributed by atoms with E-state index in [1.807, 2.05) is 0 Å². The molecule has 1 aromatic rings. The molecule has 0 bridgehead atoms. The molecule has 0 radical (unpaired) electrons. The third-order valence-electron chi connectivity index (χ3n) is 2.13. The fourth-order valence-corrected chi connectivity index (χ4v) is 2.51. The van der Waals surface area contributed by atoms with Crippen LogP contribution >= 0.6 is 38.8 Å². The molecular weight excluding hydrogens is 329 g/mol. The van der Waals surface area contributed by atoms with Crippen LogP contribution in [0.2, 0.25) is 0 Å². The molecule has 1 nitrogen and oxygen atoms in total. The molecule has 0 atom stereocenters. The molecule has 1 aromatic carbocycles. The molecular formula is C9H9BrIN. The first kappa shape index (κ1) is 8.97. The molecule has 64 valence electrons. The van der Waals surface area contributed by atoms with Gasteiger partial charge in [0.2, 0.25) is 0 Å². The first-order valence-electron chi connectivity index (χ1n) is 3.94. The van der Waals surface area contributed by atoms with Crippen molar-refractivity contribution in [2.45, 2.75) is 13.0 Å². The Morgan fingerprint density at radius 2 is 2.17 bits per heavy atom. The second-order valence-electron chi connectivity index (χ2n) is 3.01. The van der Waals surface area contributed by atoms with Crippen molar-refractivity contribution < 1.29 is 0 Å². The van der Waals surface area contributed by atoms with Crippen LogP contribution < -0.4 is 0 Å². The van der Waals surface area contributed by atoms with Gasteiger partial charge in [0, 0.05) is 40.4 Å². The number of fused-ring (bicyclic) bond motifs is 1. The lowest BCUT2D eigenvalue weighted by molar-refractivity contribution is 0.480. The molecule has 1 heterocycles. The number of halogens is 2. The molecule has 3 heteroatoms. The van der Waals surface area contributed by atoms with Crippen LogP contribution in [0.25, 0.3) is 0 Å². The standard InChI is InChI=1S/C9H9BrIN/c10-9-2-1-7-3-4-12(11)6-8(7)5-9/h1-2,5H,3-4,6H2. The van der Waals surface area contributed by atoms with Crippen molar-refractivity contribution in [3.05, 3.63) is 33.8 Å². The van der Waals surface area contributed by atoms with Gasteiger partial charge in [-0.2, -0.15) is 0 Å². The number of nitrogens with zero attached hydrogens (tertiary/aromatic N) is 1. The molecule has 0 aromatic heterocycles. The monoisotopic (exact) mass is 337 g/mol. The maximum Gasteiger partial charge on any atom is 0.0335 e. The van der Waals surface area contributed by atoms with Gasteiger partial charge in [0.05, 0.1) is 0 Å². The maximum absolute atomic E-state index is 3.49. The minimum Gasteiger partial charge on any atom is -0.243 e. The van der Waals surface area contributed by atoms with Crippen LogP contribution in [0.15, 0.2) is 22.7 Å². The highest BCUT2D eigenvalue weighted by molar-refractivity contribution is 14.1. The van der Waals surface area contributed by atoms with Crippen molar-refractivity contribution in [3.8, 4) is 0 Å². The average Bonchev–Trinajstić information content (AvgIpc) is 2.03. The Hall–Kier alpha value is 0.390. The fourth-order valence-electron chi connectivity index (χ4n) is 1.49. The summed E-state index contributed by atoms with van der Waals surface area (Å²) in [6, 6.07) is 6.57. The largest absolute Gasteiger partial charge is 0.243 e. The van der Waals surface area contributed by atoms with E-state index in [9.17, 15) is 0 Å². The summed E-state index contributed by atoms with van der Waals surface area (Å²) in [4.78, 5) is 0. The Kier molecular flexibility index (Phi) is 2.72. The summed E-state index contributed by atoms with van der Waals surface area (Å²) in [5.74, 6) is 0. The smallest absolute Gasteiger partial charge is 0.0335 e. The highest BCUT2D eigenvalue weighted by Gasteiger charge is 2.13. The fraction of sp³-hybridized carbons (Fsp3) is 0.333. The van der Waals surface area contributed by atoms with E-state index in [1.54, 1.807) is 0 Å². The van der Waals surface area contributed by atoms with Gasteiger partial charge in [-0.05, 0) is 29.7 Å². The SMILES string of the molecule is Brc1ccc2c(c1)CN(I)CC2. The van der Waals surface area contributed by atoms with E-state index < -0.39 is 0 Å². The molecule has 0 saturated carbocycles. The minimum absolute atomic E-state index is 1.08. The molecule has 1 aliphatic heterocycles. The van der Waals surface area contributed by atoms with Crippen LogP contribution in [0.4, 0.5) is 0 Å². The zero-order valence-corrected chi connectivity index (χ0v) is 10.3. The lowest BCUT2D eigenvalue weighted by Crippen LogP contribution is -2.21. The van der Waals surface area contributed by atoms with E-state index in [-0.39, 0.29) is 0 Å². The number of hydrogen-bond acceptors (Lipinski definition) is 1. The summed E-state index contributed by atoms with van der Waals surface area (Å²) in [5.41, 5.74) is 2.97. The molecule has 1 aliphatic rings. The van der Waals surface area contributed by atoms with E-state index in [4.69, 9.17) is 0 Å². The van der Waals surface area contributed by atoms with E-state index in [1.165, 1.54) is 28.6 Å². The summed E-state index contributed by atoms with van der Waals surface area (Å²) in [6.07, 6.45) is 1.19. The molecule has 2 rings (SSSR count). The number of benzene rings is 1. The highest BCUT2D eigenvalue weighted by Crippen LogP contribution is 2.24. The van der Waals surface area contributed by atoms with Crippen molar-refractivity contribution in [2.24, 2.45) is 0 Å². The Balaban J connectivity index is 2.37. The van der Waals surface area contributed by atoms with Crippen LogP contribution in [0, 0.1) is 0 Å². The van der Waals surface area contributed by atoms with Crippen molar-refractivity contribution >= 4 is 38.8 Å². The summed E-state index contributed by atoms with van der Waals surface area (Å²) < 4.78 is 3.51. The molecule has 12 heavy (non-hydrogen) atoms. The van der Waals surface area contributed by atoms with Gasteiger partial charge in [-0.1, -0.05) is 22.0 Å². The predicted octanol–water partition coefficient (Wildman–Crippen LogP) is 3.16. The molecule has 0 unspecified atom stereocenters. The van der Waals surface area contributed by atoms with E-state index in [0.717, 1.165) is 6.54 Å². The van der Waals surface area contributed by atoms with Crippen LogP contribution in [0.5, 0.6) is 0 Å². The Bertz CT molecular complexity index is 301. The summed E-state index contributed by atoms with van der Waals surface area (Å²) in [5, 5.41) is 0. The third kappa shape index (κ3) is 1.83. The van der Waals surface area contributed by atoms with Crippen molar-refractivity contribution in [3.63, 3.8) is 0 Å². The van der Waals surface area contributed by atoms with Gasteiger partial charge in [0.15, 0.2) is 0 Å². The topological polar surface area (TPSA) is 3.24 Å². The first-order chi connectivity index (χ1) is 5.75. The normalized spacial score (nSPS) is 17.5. The number of rotatable bonds is 0. The second-order valence-corrected chi connectivity index (χ2v) is 5.29. The molecule has 0 saturated heterocycles. The van der Waals surface area contributed by atoms with Crippen LogP contribution in [-0.2, 0) is 13.0 Å². The van der Waals surface area contributed by atoms with Crippen LogP contribution in [-0.4, -0.2) is 9.66 Å². The molecule has 0 aliphatic carbocycles. The molecule has 0 N–H and O–H groups in total. The second kappa shape index (κ2) is 3.64. The van der Waals surface area contributed by atoms with Crippen molar-refractivity contribution in [2.75, 3.05) is 6.54 Å². The van der Waals surface area contributed by atoms with Gasteiger partial charge in [0.1, 0.15) is 0 Å². The minimum atomic E-state index is 1.08. The summed E-state index contributed by atoms with van der Waals surface area (Å²) in [6.45, 7) is 2.25. The van der Waals surface area contributed by atoms with Gasteiger partial charge >= 0.3 is 0 Å². The Labute approximate surface area is 94.8 Å². The van der Waals surface area contributed by atoms with Crippen LogP contribution in [0.3, 0.4) is 0 Å². The van der Waals surface area contributed by atoms with Crippen LogP contribution in [0.1, 0.15) is 11.1 Å². The summed E-state index contributed by atoms with van der Waals surface area (Å²) >= 11 is 5.87. The van der Waals surface area contributed by atoms with E-state index >= 15 is 0 Å². The Morgan fingerprint density at radius 3 is 3.00 bits per heavy atom. The van der Waals surface area contributed by atoms with Crippen molar-refractivity contribution in [1.82, 2.24) is 3.11 Å². The van der Waals surface area contributed by atoms with Gasteiger partial charge in [-0.3, -0.25) is 0 Å². The molecule has 0 spiro atoms. The predicted molar refractivity (Wildman–Crippen MR) is 62.3 cm³/mol. The van der Waals surface area contributed by atoms with E-state index in [2.05, 4.69) is 60.1 Å². The lowest BCUT2D eigenvalue weighted by atomic mass is 10.0. The first-order valence-corrected chi connectivity index (χ1v) is 5.69.